The lowest BCUT2D eigenvalue weighted by atomic mass is 10.1. The Morgan fingerprint density at radius 1 is 1.09 bits per heavy atom. The van der Waals surface area contributed by atoms with E-state index in [0.29, 0.717) is 0 Å². The fraction of sp³-hybridized carbons (Fsp3) is 0.235. The summed E-state index contributed by atoms with van der Waals surface area (Å²) in [5.74, 6) is -4.88. The summed E-state index contributed by atoms with van der Waals surface area (Å²) in [5, 5.41) is 5.22. The number of para-hydroxylation sites is 1. The molecule has 0 saturated heterocycles. The summed E-state index contributed by atoms with van der Waals surface area (Å²) in [7, 11) is 0. The van der Waals surface area contributed by atoms with E-state index < -0.39 is 29.0 Å². The van der Waals surface area contributed by atoms with Crippen molar-refractivity contribution in [3.63, 3.8) is 0 Å². The Morgan fingerprint density at radius 3 is 2.52 bits per heavy atom. The van der Waals surface area contributed by atoms with Gasteiger partial charge in [-0.25, -0.2) is 13.2 Å². The average Bonchev–Trinajstić information content (AvgIpc) is 2.54. The highest BCUT2D eigenvalue weighted by molar-refractivity contribution is 5.94. The van der Waals surface area contributed by atoms with E-state index in [1.165, 1.54) is 0 Å². The molecule has 3 nitrogen and oxygen atoms in total. The van der Waals surface area contributed by atoms with Gasteiger partial charge in [0.25, 0.3) is 0 Å². The highest BCUT2D eigenvalue weighted by Crippen LogP contribution is 2.22. The van der Waals surface area contributed by atoms with Gasteiger partial charge in [0, 0.05) is 5.69 Å². The Bertz CT molecular complexity index is 732. The van der Waals surface area contributed by atoms with Crippen LogP contribution in [0.4, 0.5) is 24.5 Å². The van der Waals surface area contributed by atoms with E-state index in [2.05, 4.69) is 10.6 Å². The maximum atomic E-state index is 13.5. The molecule has 0 radical (unpaired) electrons. The van der Waals surface area contributed by atoms with E-state index in [1.54, 1.807) is 0 Å². The highest BCUT2D eigenvalue weighted by Gasteiger charge is 2.15. The molecule has 2 N–H and O–H groups in total. The zero-order valence-electron chi connectivity index (χ0n) is 12.8. The molecule has 2 aromatic carbocycles. The van der Waals surface area contributed by atoms with Crippen LogP contribution in [-0.2, 0) is 11.2 Å². The maximum Gasteiger partial charge on any atom is 0.243 e. The van der Waals surface area contributed by atoms with Crippen molar-refractivity contribution in [2.24, 2.45) is 0 Å². The van der Waals surface area contributed by atoms with E-state index in [1.807, 2.05) is 32.0 Å². The molecule has 122 valence electrons. The van der Waals surface area contributed by atoms with Gasteiger partial charge in [-0.3, -0.25) is 4.79 Å². The van der Waals surface area contributed by atoms with Gasteiger partial charge in [-0.2, -0.15) is 0 Å². The molecule has 0 bridgehead atoms. The van der Waals surface area contributed by atoms with Crippen molar-refractivity contribution in [2.45, 2.75) is 20.3 Å². The quantitative estimate of drug-likeness (QED) is 0.816. The summed E-state index contributed by atoms with van der Waals surface area (Å²) >= 11 is 0. The van der Waals surface area contributed by atoms with Gasteiger partial charge in [-0.15, -0.1) is 0 Å². The van der Waals surface area contributed by atoms with Crippen LogP contribution in [0.1, 0.15) is 18.1 Å². The molecule has 0 aliphatic carbocycles. The Kier molecular flexibility index (Phi) is 5.26. The van der Waals surface area contributed by atoms with E-state index in [-0.39, 0.29) is 6.54 Å². The van der Waals surface area contributed by atoms with Crippen molar-refractivity contribution < 1.29 is 18.0 Å². The molecule has 0 atom stereocenters. The largest absolute Gasteiger partial charge is 0.376 e. The van der Waals surface area contributed by atoms with E-state index in [4.69, 9.17) is 0 Å². The SMILES string of the molecule is CCc1cccc(C)c1NCC(=O)Nc1ccc(F)c(F)c1F. The van der Waals surface area contributed by atoms with Crippen molar-refractivity contribution in [3.8, 4) is 0 Å². The molecular weight excluding hydrogens is 305 g/mol. The van der Waals surface area contributed by atoms with Crippen LogP contribution >= 0.6 is 0 Å². The van der Waals surface area contributed by atoms with Gasteiger partial charge < -0.3 is 10.6 Å². The van der Waals surface area contributed by atoms with E-state index in [9.17, 15) is 18.0 Å². The molecule has 0 fully saturated rings. The molecule has 0 unspecified atom stereocenters. The summed E-state index contributed by atoms with van der Waals surface area (Å²) in [6.45, 7) is 3.79. The molecule has 0 spiro atoms. The van der Waals surface area contributed by atoms with Gasteiger partial charge in [-0.1, -0.05) is 25.1 Å². The fourth-order valence-corrected chi connectivity index (χ4v) is 2.26. The van der Waals surface area contributed by atoms with Crippen LogP contribution < -0.4 is 10.6 Å². The number of nitrogens with one attached hydrogen (secondary N) is 2. The standard InChI is InChI=1S/C17H17F3N2O/c1-3-11-6-4-5-10(2)17(11)21-9-14(23)22-13-8-7-12(18)15(19)16(13)20/h4-8,21H,3,9H2,1-2H3,(H,22,23). The van der Waals surface area contributed by atoms with Gasteiger partial charge >= 0.3 is 0 Å². The lowest BCUT2D eigenvalue weighted by Gasteiger charge is -2.14. The molecule has 2 rings (SSSR count). The minimum absolute atomic E-state index is 0.115. The second-order valence-electron chi connectivity index (χ2n) is 5.09. The third-order valence-electron chi connectivity index (χ3n) is 3.47. The number of hydrogen-bond acceptors (Lipinski definition) is 2. The minimum atomic E-state index is -1.61. The number of anilines is 2. The number of halogens is 3. The molecule has 0 heterocycles. The van der Waals surface area contributed by atoms with Gasteiger partial charge in [-0.05, 0) is 36.6 Å². The van der Waals surface area contributed by atoms with Crippen LogP contribution in [0.2, 0.25) is 0 Å². The molecule has 1 amide bonds. The van der Waals surface area contributed by atoms with Gasteiger partial charge in [0.05, 0.1) is 12.2 Å². The predicted molar refractivity (Wildman–Crippen MR) is 84.0 cm³/mol. The van der Waals surface area contributed by atoms with Crippen LogP contribution in [-0.4, -0.2) is 12.5 Å². The number of hydrogen-bond donors (Lipinski definition) is 2. The third-order valence-corrected chi connectivity index (χ3v) is 3.47. The molecule has 0 aliphatic heterocycles. The van der Waals surface area contributed by atoms with Crippen molar-refractivity contribution in [1.82, 2.24) is 0 Å². The van der Waals surface area contributed by atoms with Crippen LogP contribution in [0.5, 0.6) is 0 Å². The lowest BCUT2D eigenvalue weighted by molar-refractivity contribution is -0.114. The van der Waals surface area contributed by atoms with Crippen LogP contribution in [0.15, 0.2) is 30.3 Å². The highest BCUT2D eigenvalue weighted by atomic mass is 19.2. The van der Waals surface area contributed by atoms with Crippen molar-refractivity contribution in [1.29, 1.82) is 0 Å². The maximum absolute atomic E-state index is 13.5. The Hall–Kier alpha value is -2.50. The average molecular weight is 322 g/mol. The predicted octanol–water partition coefficient (Wildman–Crippen LogP) is 4.03. The molecule has 23 heavy (non-hydrogen) atoms. The first-order chi connectivity index (χ1) is 10.9. The zero-order valence-corrected chi connectivity index (χ0v) is 12.8. The number of aryl methyl sites for hydroxylation is 2. The first-order valence-corrected chi connectivity index (χ1v) is 7.19. The normalized spacial score (nSPS) is 10.5. The van der Waals surface area contributed by atoms with Gasteiger partial charge in [0.1, 0.15) is 0 Å². The Morgan fingerprint density at radius 2 is 1.83 bits per heavy atom. The molecule has 6 heteroatoms. The van der Waals surface area contributed by atoms with Crippen molar-refractivity contribution >= 4 is 17.3 Å². The fourth-order valence-electron chi connectivity index (χ4n) is 2.26. The van der Waals surface area contributed by atoms with Gasteiger partial charge in [0.15, 0.2) is 17.5 Å². The van der Waals surface area contributed by atoms with Crippen LogP contribution in [0, 0.1) is 24.4 Å². The topological polar surface area (TPSA) is 41.1 Å². The number of rotatable bonds is 5. The molecule has 0 aromatic heterocycles. The number of carbonyl (C=O) groups excluding carboxylic acids is 1. The van der Waals surface area contributed by atoms with Crippen molar-refractivity contribution in [3.05, 3.63) is 58.9 Å². The smallest absolute Gasteiger partial charge is 0.243 e. The first kappa shape index (κ1) is 16.9. The summed E-state index contributed by atoms with van der Waals surface area (Å²) in [6, 6.07) is 7.53. The second kappa shape index (κ2) is 7.17. The summed E-state index contributed by atoms with van der Waals surface area (Å²) in [5.41, 5.74) is 2.49. The van der Waals surface area contributed by atoms with Crippen molar-refractivity contribution in [2.75, 3.05) is 17.2 Å². The molecule has 0 aliphatic rings. The first-order valence-electron chi connectivity index (χ1n) is 7.19. The number of amides is 1. The lowest BCUT2D eigenvalue weighted by Crippen LogP contribution is -2.23. The summed E-state index contributed by atoms with van der Waals surface area (Å²) < 4.78 is 39.5. The summed E-state index contributed by atoms with van der Waals surface area (Å²) in [6.07, 6.45) is 0.795. The molecule has 2 aromatic rings. The zero-order chi connectivity index (χ0) is 17.0. The minimum Gasteiger partial charge on any atom is -0.376 e. The van der Waals surface area contributed by atoms with Crippen LogP contribution in [0.25, 0.3) is 0 Å². The summed E-state index contributed by atoms with van der Waals surface area (Å²) in [4.78, 5) is 11.9. The Balaban J connectivity index is 2.06. The monoisotopic (exact) mass is 322 g/mol. The van der Waals surface area contributed by atoms with Gasteiger partial charge in [0.2, 0.25) is 5.91 Å². The number of benzene rings is 2. The Labute approximate surface area is 132 Å². The number of carbonyl (C=O) groups is 1. The molecular formula is C17H17F3N2O. The van der Waals surface area contributed by atoms with E-state index in [0.717, 1.165) is 35.4 Å². The third kappa shape index (κ3) is 3.83. The van der Waals surface area contributed by atoms with Crippen LogP contribution in [0.3, 0.4) is 0 Å². The second-order valence-corrected chi connectivity index (χ2v) is 5.09. The molecule has 0 saturated carbocycles. The van der Waals surface area contributed by atoms with E-state index >= 15 is 0 Å².